The van der Waals surface area contributed by atoms with E-state index in [2.05, 4.69) is 20.9 Å². The van der Waals surface area contributed by atoms with E-state index in [4.69, 9.17) is 14.5 Å². The van der Waals surface area contributed by atoms with Gasteiger partial charge in [0.25, 0.3) is 5.56 Å². The third-order valence-electron chi connectivity index (χ3n) is 5.36. The highest BCUT2D eigenvalue weighted by atomic mass is 79.9. The van der Waals surface area contributed by atoms with Crippen molar-refractivity contribution in [1.82, 2.24) is 9.55 Å². The van der Waals surface area contributed by atoms with Crippen molar-refractivity contribution in [2.75, 3.05) is 13.7 Å². The highest BCUT2D eigenvalue weighted by Gasteiger charge is 2.36. The molecule has 1 aromatic carbocycles. The van der Waals surface area contributed by atoms with Crippen LogP contribution in [0.25, 0.3) is 6.08 Å². The molecule has 1 atom stereocenters. The summed E-state index contributed by atoms with van der Waals surface area (Å²) in [6, 6.07) is 8.50. The van der Waals surface area contributed by atoms with Crippen LogP contribution in [0, 0.1) is 0 Å². The molecule has 0 spiro atoms. The average molecular weight is 542 g/mol. The zero-order valence-corrected chi connectivity index (χ0v) is 21.5. The molecule has 0 unspecified atom stereocenters. The Labute approximate surface area is 209 Å². The molecule has 3 heterocycles. The Bertz CT molecular complexity index is 1430. The normalized spacial score (nSPS) is 15.6. The van der Waals surface area contributed by atoms with Crippen LogP contribution in [0.4, 0.5) is 0 Å². The van der Waals surface area contributed by atoms with Gasteiger partial charge in [0.15, 0.2) is 4.80 Å². The number of aromatic nitrogens is 2. The van der Waals surface area contributed by atoms with Gasteiger partial charge in [0, 0.05) is 22.4 Å². The quantitative estimate of drug-likeness (QED) is 0.425. The number of hydrogen-bond donors (Lipinski definition) is 0. The summed E-state index contributed by atoms with van der Waals surface area (Å²) >= 11 is 4.82. The summed E-state index contributed by atoms with van der Waals surface area (Å²) in [5.74, 6) is 0.0813. The van der Waals surface area contributed by atoms with Crippen molar-refractivity contribution in [2.45, 2.75) is 32.7 Å². The summed E-state index contributed by atoms with van der Waals surface area (Å²) in [6.07, 6.45) is 6.53. The van der Waals surface area contributed by atoms with Crippen LogP contribution in [-0.2, 0) is 9.53 Å². The first-order valence-electron chi connectivity index (χ1n) is 10.9. The van der Waals surface area contributed by atoms with Gasteiger partial charge in [-0.25, -0.2) is 9.79 Å². The van der Waals surface area contributed by atoms with Gasteiger partial charge in [-0.05, 0) is 49.2 Å². The van der Waals surface area contributed by atoms with Gasteiger partial charge in [0.2, 0.25) is 0 Å². The first-order chi connectivity index (χ1) is 16.5. The van der Waals surface area contributed by atoms with Gasteiger partial charge in [0.05, 0.1) is 29.5 Å². The van der Waals surface area contributed by atoms with E-state index in [1.54, 1.807) is 37.1 Å². The van der Waals surface area contributed by atoms with Crippen molar-refractivity contribution >= 4 is 39.3 Å². The first-order valence-corrected chi connectivity index (χ1v) is 12.5. The van der Waals surface area contributed by atoms with Crippen molar-refractivity contribution in [3.63, 3.8) is 0 Å². The summed E-state index contributed by atoms with van der Waals surface area (Å²) in [4.78, 5) is 36.4. The van der Waals surface area contributed by atoms with Crippen molar-refractivity contribution in [3.05, 3.63) is 89.3 Å². The van der Waals surface area contributed by atoms with Gasteiger partial charge in [-0.3, -0.25) is 14.3 Å². The monoisotopic (exact) mass is 541 g/mol. The zero-order valence-electron chi connectivity index (χ0n) is 19.1. The Morgan fingerprint density at radius 2 is 2.12 bits per heavy atom. The smallest absolute Gasteiger partial charge is 0.338 e. The third-order valence-corrected chi connectivity index (χ3v) is 6.84. The minimum Gasteiger partial charge on any atom is -0.496 e. The van der Waals surface area contributed by atoms with Gasteiger partial charge in [-0.2, -0.15) is 0 Å². The lowest BCUT2D eigenvalue weighted by Crippen LogP contribution is -2.40. The second-order valence-corrected chi connectivity index (χ2v) is 9.51. The summed E-state index contributed by atoms with van der Waals surface area (Å²) in [6.45, 7) is 4.00. The highest BCUT2D eigenvalue weighted by Crippen LogP contribution is 2.38. The van der Waals surface area contributed by atoms with E-state index in [0.29, 0.717) is 38.3 Å². The van der Waals surface area contributed by atoms with Crippen molar-refractivity contribution in [1.29, 1.82) is 0 Å². The van der Waals surface area contributed by atoms with E-state index in [0.717, 1.165) is 16.5 Å². The predicted molar refractivity (Wildman–Crippen MR) is 135 cm³/mol. The standard InChI is InChI=1S/C25H24BrN3O4S/c1-4-7-18-21(24(31)33-5-2)22(17-13-16(26)9-10-19(17)32-3)29-23(30)20(34-25(29)28-18)12-15-8-6-11-27-14-15/h6,8-14,22H,4-5,7H2,1-3H3/b20-12+/t22-/m0/s1. The molecular formula is C25H24BrN3O4S. The van der Waals surface area contributed by atoms with Crippen molar-refractivity contribution in [2.24, 2.45) is 4.99 Å². The summed E-state index contributed by atoms with van der Waals surface area (Å²) in [5.41, 5.74) is 2.24. The topological polar surface area (TPSA) is 82.8 Å². The molecule has 1 aliphatic heterocycles. The lowest BCUT2D eigenvalue weighted by atomic mass is 9.93. The maximum atomic E-state index is 13.7. The van der Waals surface area contributed by atoms with Crippen LogP contribution in [0.2, 0.25) is 0 Å². The molecular weight excluding hydrogens is 518 g/mol. The van der Waals surface area contributed by atoms with E-state index >= 15 is 0 Å². The molecule has 176 valence electrons. The molecule has 0 amide bonds. The Kier molecular flexibility index (Phi) is 7.43. The van der Waals surface area contributed by atoms with Crippen LogP contribution >= 0.6 is 27.3 Å². The number of esters is 1. The van der Waals surface area contributed by atoms with E-state index < -0.39 is 12.0 Å². The predicted octanol–water partition coefficient (Wildman–Crippen LogP) is 3.74. The molecule has 0 N–H and O–H groups in total. The fourth-order valence-electron chi connectivity index (χ4n) is 3.95. The summed E-state index contributed by atoms with van der Waals surface area (Å²) < 4.78 is 14.0. The van der Waals surface area contributed by atoms with E-state index in [1.807, 2.05) is 37.3 Å². The van der Waals surface area contributed by atoms with Crippen molar-refractivity contribution in [3.8, 4) is 5.75 Å². The van der Waals surface area contributed by atoms with Gasteiger partial charge in [-0.15, -0.1) is 0 Å². The Morgan fingerprint density at radius 3 is 2.79 bits per heavy atom. The number of methoxy groups -OCH3 is 1. The van der Waals surface area contributed by atoms with Crippen LogP contribution < -0.4 is 19.6 Å². The number of nitrogens with zero attached hydrogens (tertiary/aromatic N) is 3. The lowest BCUT2D eigenvalue weighted by molar-refractivity contribution is -0.139. The average Bonchev–Trinajstić information content (AvgIpc) is 3.13. The molecule has 0 radical (unpaired) electrons. The molecule has 4 rings (SSSR count). The first kappa shape index (κ1) is 24.1. The second-order valence-electron chi connectivity index (χ2n) is 7.59. The minimum atomic E-state index is -0.736. The fourth-order valence-corrected chi connectivity index (χ4v) is 5.35. The number of carbonyl (C=O) groups excluding carboxylic acids is 1. The third kappa shape index (κ3) is 4.63. The fraction of sp³-hybridized carbons (Fsp3) is 0.280. The number of halogens is 1. The van der Waals surface area contributed by atoms with Gasteiger partial charge in [0.1, 0.15) is 11.8 Å². The van der Waals surface area contributed by atoms with Gasteiger partial charge < -0.3 is 9.47 Å². The maximum Gasteiger partial charge on any atom is 0.338 e. The molecule has 0 saturated carbocycles. The number of pyridine rings is 1. The van der Waals surface area contributed by atoms with Crippen LogP contribution in [-0.4, -0.2) is 29.2 Å². The molecule has 0 aliphatic carbocycles. The van der Waals surface area contributed by atoms with Gasteiger partial charge in [-0.1, -0.05) is 46.7 Å². The number of hydrogen-bond acceptors (Lipinski definition) is 7. The Morgan fingerprint density at radius 1 is 1.29 bits per heavy atom. The van der Waals surface area contributed by atoms with Gasteiger partial charge >= 0.3 is 5.97 Å². The molecule has 0 bridgehead atoms. The molecule has 0 saturated heterocycles. The zero-order chi connectivity index (χ0) is 24.2. The Hall–Kier alpha value is -3.04. The number of benzene rings is 1. The molecule has 1 aliphatic rings. The SMILES string of the molecule is CCCC1=C(C(=O)OCC)[C@H](c2cc(Br)ccc2OC)n2c(s/c(=C/c3cccnc3)c2=O)=N1. The van der Waals surface area contributed by atoms with E-state index in [-0.39, 0.29) is 12.2 Å². The van der Waals surface area contributed by atoms with Crippen LogP contribution in [0.15, 0.2) is 68.3 Å². The molecule has 7 nitrogen and oxygen atoms in total. The second kappa shape index (κ2) is 10.5. The van der Waals surface area contributed by atoms with E-state index in [1.165, 1.54) is 11.3 Å². The number of fused-ring (bicyclic) bond motifs is 1. The number of ether oxygens (including phenoxy) is 2. The molecule has 34 heavy (non-hydrogen) atoms. The van der Waals surface area contributed by atoms with E-state index in [9.17, 15) is 9.59 Å². The number of carbonyl (C=O) groups is 1. The van der Waals surface area contributed by atoms with Crippen LogP contribution in [0.1, 0.15) is 43.9 Å². The summed E-state index contributed by atoms with van der Waals surface area (Å²) in [7, 11) is 1.57. The molecule has 3 aromatic rings. The molecule has 2 aromatic heterocycles. The van der Waals surface area contributed by atoms with Crippen LogP contribution in [0.3, 0.4) is 0 Å². The molecule has 9 heteroatoms. The number of rotatable bonds is 7. The van der Waals surface area contributed by atoms with Crippen molar-refractivity contribution < 1.29 is 14.3 Å². The molecule has 0 fully saturated rings. The lowest BCUT2D eigenvalue weighted by Gasteiger charge is -2.27. The Balaban J connectivity index is 2.06. The minimum absolute atomic E-state index is 0.218. The van der Waals surface area contributed by atoms with Crippen LogP contribution in [0.5, 0.6) is 5.75 Å². The summed E-state index contributed by atoms with van der Waals surface area (Å²) in [5, 5.41) is 0. The number of allylic oxidation sites excluding steroid dienone is 1. The highest BCUT2D eigenvalue weighted by molar-refractivity contribution is 9.10. The number of thiazole rings is 1. The maximum absolute atomic E-state index is 13.7. The largest absolute Gasteiger partial charge is 0.496 e.